The van der Waals surface area contributed by atoms with Gasteiger partial charge < -0.3 is 13.9 Å². The largest absolute Gasteiger partial charge is 0.493 e. The van der Waals surface area contributed by atoms with Crippen LogP contribution >= 0.6 is 27.7 Å². The smallest absolute Gasteiger partial charge is 0.373 e. The van der Waals surface area contributed by atoms with Gasteiger partial charge in [-0.3, -0.25) is 14.5 Å². The van der Waals surface area contributed by atoms with Crippen LogP contribution in [0.15, 0.2) is 44.1 Å². The van der Waals surface area contributed by atoms with Crippen LogP contribution in [0, 0.1) is 0 Å². The molecule has 0 unspecified atom stereocenters. The van der Waals surface area contributed by atoms with Gasteiger partial charge in [-0.2, -0.15) is 0 Å². The van der Waals surface area contributed by atoms with Gasteiger partial charge in [0.05, 0.1) is 25.2 Å². The van der Waals surface area contributed by atoms with E-state index in [9.17, 15) is 14.4 Å². The first-order chi connectivity index (χ1) is 13.4. The number of ether oxygens (including phenoxy) is 2. The van der Waals surface area contributed by atoms with Crippen LogP contribution in [0.1, 0.15) is 28.8 Å². The third-order valence-electron chi connectivity index (χ3n) is 3.79. The standard InChI is InChI=1S/C19H16BrNO6S/c1-3-26-14-6-4-12(20)8-11(14)9-16-17(22)21(19(24)28-16)10-13-5-7-15(27-13)18(23)25-2/h4-9H,3,10H2,1-2H3/b16-9+. The lowest BCUT2D eigenvalue weighted by molar-refractivity contribution is -0.123. The maximum atomic E-state index is 12.7. The minimum Gasteiger partial charge on any atom is -0.493 e. The van der Waals surface area contributed by atoms with Crippen molar-refractivity contribution >= 4 is 50.9 Å². The summed E-state index contributed by atoms with van der Waals surface area (Å²) in [6.07, 6.45) is 1.63. The molecular formula is C19H16BrNO6S. The van der Waals surface area contributed by atoms with Crippen molar-refractivity contribution < 1.29 is 28.3 Å². The molecule has 3 rings (SSSR count). The van der Waals surface area contributed by atoms with Gasteiger partial charge in [-0.15, -0.1) is 0 Å². The Balaban J connectivity index is 1.82. The normalized spacial score (nSPS) is 15.4. The molecule has 0 aliphatic carbocycles. The highest BCUT2D eigenvalue weighted by Gasteiger charge is 2.36. The molecule has 0 N–H and O–H groups in total. The molecule has 0 atom stereocenters. The number of halogens is 1. The number of benzene rings is 1. The van der Waals surface area contributed by atoms with E-state index >= 15 is 0 Å². The maximum Gasteiger partial charge on any atom is 0.373 e. The molecule has 1 saturated heterocycles. The first kappa shape index (κ1) is 20.2. The van der Waals surface area contributed by atoms with E-state index < -0.39 is 17.1 Å². The van der Waals surface area contributed by atoms with Crippen LogP contribution < -0.4 is 4.74 Å². The number of esters is 1. The molecule has 0 saturated carbocycles. The molecule has 1 fully saturated rings. The lowest BCUT2D eigenvalue weighted by Crippen LogP contribution is -2.27. The molecule has 0 radical (unpaired) electrons. The summed E-state index contributed by atoms with van der Waals surface area (Å²) >= 11 is 4.24. The molecule has 1 aromatic carbocycles. The summed E-state index contributed by atoms with van der Waals surface area (Å²) < 4.78 is 16.3. The molecule has 9 heteroatoms. The Kier molecular flexibility index (Phi) is 6.25. The second-order valence-corrected chi connectivity index (χ2v) is 7.55. The number of rotatable bonds is 6. The van der Waals surface area contributed by atoms with Gasteiger partial charge in [0.1, 0.15) is 11.5 Å². The highest BCUT2D eigenvalue weighted by atomic mass is 79.9. The van der Waals surface area contributed by atoms with Gasteiger partial charge in [-0.05, 0) is 55.1 Å². The second kappa shape index (κ2) is 8.66. The predicted molar refractivity (Wildman–Crippen MR) is 107 cm³/mol. The molecule has 2 heterocycles. The van der Waals surface area contributed by atoms with Crippen LogP contribution in [-0.2, 0) is 16.1 Å². The number of imide groups is 1. The fourth-order valence-electron chi connectivity index (χ4n) is 2.53. The first-order valence-electron chi connectivity index (χ1n) is 8.27. The minimum atomic E-state index is -0.626. The average molecular weight is 466 g/mol. The molecule has 2 amide bonds. The van der Waals surface area contributed by atoms with E-state index in [4.69, 9.17) is 9.15 Å². The van der Waals surface area contributed by atoms with Crippen LogP contribution in [0.4, 0.5) is 4.79 Å². The summed E-state index contributed by atoms with van der Waals surface area (Å²) in [5, 5.41) is -0.416. The number of furan rings is 1. The third-order valence-corrected chi connectivity index (χ3v) is 5.19. The molecule has 1 aliphatic rings. The van der Waals surface area contributed by atoms with Gasteiger partial charge in [-0.1, -0.05) is 15.9 Å². The molecule has 0 spiro atoms. The van der Waals surface area contributed by atoms with E-state index in [1.807, 2.05) is 19.1 Å². The number of nitrogens with zero attached hydrogens (tertiary/aromatic N) is 1. The fourth-order valence-corrected chi connectivity index (χ4v) is 3.73. The average Bonchev–Trinajstić information content (AvgIpc) is 3.24. The number of hydrogen-bond donors (Lipinski definition) is 0. The summed E-state index contributed by atoms with van der Waals surface area (Å²) in [4.78, 5) is 37.8. The lowest BCUT2D eigenvalue weighted by atomic mass is 10.2. The SMILES string of the molecule is CCOc1ccc(Br)cc1/C=C1/SC(=O)N(Cc2ccc(C(=O)OC)o2)C1=O. The summed E-state index contributed by atoms with van der Waals surface area (Å²) in [7, 11) is 1.24. The van der Waals surface area contributed by atoms with E-state index in [2.05, 4.69) is 20.7 Å². The molecule has 7 nitrogen and oxygen atoms in total. The van der Waals surface area contributed by atoms with E-state index in [1.54, 1.807) is 12.1 Å². The molecule has 1 aromatic heterocycles. The third kappa shape index (κ3) is 4.31. The summed E-state index contributed by atoms with van der Waals surface area (Å²) in [6, 6.07) is 8.41. The number of amides is 2. The van der Waals surface area contributed by atoms with Gasteiger partial charge >= 0.3 is 5.97 Å². The van der Waals surface area contributed by atoms with E-state index in [1.165, 1.54) is 19.2 Å². The fraction of sp³-hybridized carbons (Fsp3) is 0.211. The van der Waals surface area contributed by atoms with Crippen molar-refractivity contribution in [1.82, 2.24) is 4.90 Å². The van der Waals surface area contributed by atoms with Crippen molar-refractivity contribution in [2.24, 2.45) is 0 Å². The number of carbonyl (C=O) groups excluding carboxylic acids is 3. The zero-order valence-corrected chi connectivity index (χ0v) is 17.5. The number of thioether (sulfide) groups is 1. The Labute approximate surface area is 173 Å². The van der Waals surface area contributed by atoms with Crippen molar-refractivity contribution in [3.63, 3.8) is 0 Å². The molecule has 28 heavy (non-hydrogen) atoms. The molecule has 146 valence electrons. The van der Waals surface area contributed by atoms with Crippen LogP contribution in [0.5, 0.6) is 5.75 Å². The Morgan fingerprint density at radius 3 is 2.79 bits per heavy atom. The van der Waals surface area contributed by atoms with Gasteiger partial charge in [0.2, 0.25) is 5.76 Å². The topological polar surface area (TPSA) is 86.1 Å². The Morgan fingerprint density at radius 1 is 1.29 bits per heavy atom. The monoisotopic (exact) mass is 465 g/mol. The van der Waals surface area contributed by atoms with Gasteiger partial charge in [0, 0.05) is 10.0 Å². The molecule has 2 aromatic rings. The Morgan fingerprint density at radius 2 is 2.07 bits per heavy atom. The minimum absolute atomic E-state index is 0.00973. The first-order valence-corrected chi connectivity index (χ1v) is 9.88. The van der Waals surface area contributed by atoms with Crippen molar-refractivity contribution in [2.45, 2.75) is 13.5 Å². The van der Waals surface area contributed by atoms with Gasteiger partial charge in [0.25, 0.3) is 11.1 Å². The predicted octanol–water partition coefficient (Wildman–Crippen LogP) is 4.46. The second-order valence-electron chi connectivity index (χ2n) is 5.64. The van der Waals surface area contributed by atoms with Gasteiger partial charge in [0.15, 0.2) is 0 Å². The highest BCUT2D eigenvalue weighted by Crippen LogP contribution is 2.35. The molecular weight excluding hydrogens is 450 g/mol. The van der Waals surface area contributed by atoms with Crippen molar-refractivity contribution in [1.29, 1.82) is 0 Å². The molecule has 0 bridgehead atoms. The zero-order valence-electron chi connectivity index (χ0n) is 15.1. The summed E-state index contributed by atoms with van der Waals surface area (Å²) in [6.45, 7) is 2.27. The van der Waals surface area contributed by atoms with E-state index in [0.29, 0.717) is 23.7 Å². The maximum absolute atomic E-state index is 12.7. The van der Waals surface area contributed by atoms with Crippen LogP contribution in [-0.4, -0.2) is 35.7 Å². The zero-order chi connectivity index (χ0) is 20.3. The summed E-state index contributed by atoms with van der Waals surface area (Å²) in [5.74, 6) is -0.130. The highest BCUT2D eigenvalue weighted by molar-refractivity contribution is 9.10. The van der Waals surface area contributed by atoms with Gasteiger partial charge in [-0.25, -0.2) is 4.79 Å². The summed E-state index contributed by atoms with van der Waals surface area (Å²) in [5.41, 5.74) is 0.688. The quantitative estimate of drug-likeness (QED) is 0.459. The van der Waals surface area contributed by atoms with Crippen LogP contribution in [0.25, 0.3) is 6.08 Å². The van der Waals surface area contributed by atoms with Crippen LogP contribution in [0.2, 0.25) is 0 Å². The van der Waals surface area contributed by atoms with E-state index in [-0.39, 0.29) is 17.2 Å². The van der Waals surface area contributed by atoms with E-state index in [0.717, 1.165) is 21.1 Å². The Hall–Kier alpha value is -2.52. The van der Waals surface area contributed by atoms with Crippen LogP contribution in [0.3, 0.4) is 0 Å². The van der Waals surface area contributed by atoms with Crippen molar-refractivity contribution in [3.05, 3.63) is 56.8 Å². The Bertz CT molecular complexity index is 967. The lowest BCUT2D eigenvalue weighted by Gasteiger charge is -2.10. The van der Waals surface area contributed by atoms with Crippen molar-refractivity contribution in [3.8, 4) is 5.75 Å². The number of hydrogen-bond acceptors (Lipinski definition) is 7. The van der Waals surface area contributed by atoms with Crippen molar-refractivity contribution in [2.75, 3.05) is 13.7 Å². The molecule has 1 aliphatic heterocycles. The number of methoxy groups -OCH3 is 1. The number of carbonyl (C=O) groups is 3.